The molecule has 0 saturated heterocycles. The molecule has 4 heteroatoms. The normalized spacial score (nSPS) is 10.8. The number of benzene rings is 1. The highest BCUT2D eigenvalue weighted by Crippen LogP contribution is 2.40. The van der Waals surface area contributed by atoms with Gasteiger partial charge in [-0.05, 0) is 63.6 Å². The smallest absolute Gasteiger partial charge is 0.172 e. The van der Waals surface area contributed by atoms with E-state index in [0.717, 1.165) is 38.4 Å². The third kappa shape index (κ3) is 2.75. The Hall–Kier alpha value is 0.280. The van der Waals surface area contributed by atoms with Crippen molar-refractivity contribution in [3.05, 3.63) is 18.3 Å². The summed E-state index contributed by atoms with van der Waals surface area (Å²) in [7, 11) is 0. The van der Waals surface area contributed by atoms with Crippen molar-refractivity contribution in [3.8, 4) is 11.5 Å². The molecule has 0 unspecified atom stereocenters. The van der Waals surface area contributed by atoms with E-state index < -0.39 is 0 Å². The van der Waals surface area contributed by atoms with Crippen LogP contribution in [0.2, 0.25) is 0 Å². The molecule has 1 rings (SSSR count). The summed E-state index contributed by atoms with van der Waals surface area (Å²) in [4.78, 5) is 0. The molecule has 0 amide bonds. The highest BCUT2D eigenvalue weighted by molar-refractivity contribution is 14.1. The maximum atomic E-state index is 9.98. The Morgan fingerprint density at radius 1 is 0.812 bits per heavy atom. The van der Waals surface area contributed by atoms with E-state index in [-0.39, 0.29) is 11.5 Å². The first-order valence-electron chi connectivity index (χ1n) is 5.45. The predicted molar refractivity (Wildman–Crippen MR) is 83.2 cm³/mol. The Labute approximate surface area is 124 Å². The summed E-state index contributed by atoms with van der Waals surface area (Å²) in [5.41, 5.74) is 2.12. The van der Waals surface area contributed by atoms with Gasteiger partial charge in [0.15, 0.2) is 11.5 Å². The molecule has 1 aromatic carbocycles. The summed E-state index contributed by atoms with van der Waals surface area (Å²) < 4.78 is 1.85. The fraction of sp³-hybridized carbons (Fsp3) is 0.500. The van der Waals surface area contributed by atoms with Crippen LogP contribution in [-0.4, -0.2) is 10.2 Å². The van der Waals surface area contributed by atoms with Crippen LogP contribution in [0.25, 0.3) is 0 Å². The van der Waals surface area contributed by atoms with Gasteiger partial charge in [0, 0.05) is 9.13 Å². The molecule has 1 aromatic rings. The molecule has 0 fully saturated rings. The quantitative estimate of drug-likeness (QED) is 0.538. The fourth-order valence-electron chi connectivity index (χ4n) is 1.79. The SMILES string of the molecule is CCCc1c(O)c(O)c(I)c(I)c1CCC. The maximum absolute atomic E-state index is 9.98. The molecule has 0 spiro atoms. The predicted octanol–water partition coefficient (Wildman–Crippen LogP) is 4.21. The van der Waals surface area contributed by atoms with Crippen molar-refractivity contribution in [3.63, 3.8) is 0 Å². The van der Waals surface area contributed by atoms with Crippen LogP contribution in [0.4, 0.5) is 0 Å². The Morgan fingerprint density at radius 2 is 1.31 bits per heavy atom. The highest BCUT2D eigenvalue weighted by atomic mass is 127. The van der Waals surface area contributed by atoms with Gasteiger partial charge in [-0.15, -0.1) is 0 Å². The monoisotopic (exact) mass is 446 g/mol. The Kier molecular flexibility index (Phi) is 5.63. The van der Waals surface area contributed by atoms with E-state index in [2.05, 4.69) is 59.0 Å². The highest BCUT2D eigenvalue weighted by Gasteiger charge is 2.19. The maximum Gasteiger partial charge on any atom is 0.172 e. The zero-order valence-electron chi connectivity index (χ0n) is 9.48. The molecular formula is C12H16I2O2. The second-order valence-corrected chi connectivity index (χ2v) is 5.94. The molecule has 2 nitrogen and oxygen atoms in total. The van der Waals surface area contributed by atoms with Gasteiger partial charge in [-0.1, -0.05) is 26.7 Å². The molecule has 0 heterocycles. The number of hydrogen-bond donors (Lipinski definition) is 2. The van der Waals surface area contributed by atoms with Crippen molar-refractivity contribution >= 4 is 45.2 Å². The van der Waals surface area contributed by atoms with E-state index in [1.54, 1.807) is 0 Å². The van der Waals surface area contributed by atoms with E-state index in [4.69, 9.17) is 0 Å². The van der Waals surface area contributed by atoms with Gasteiger partial charge in [0.25, 0.3) is 0 Å². The largest absolute Gasteiger partial charge is 0.504 e. The number of rotatable bonds is 4. The molecule has 0 aromatic heterocycles. The molecule has 0 aliphatic rings. The number of halogens is 2. The van der Waals surface area contributed by atoms with Gasteiger partial charge in [-0.2, -0.15) is 0 Å². The van der Waals surface area contributed by atoms with Crippen LogP contribution < -0.4 is 0 Å². The molecule has 0 aliphatic carbocycles. The van der Waals surface area contributed by atoms with Crippen molar-refractivity contribution in [1.29, 1.82) is 0 Å². The molecular weight excluding hydrogens is 430 g/mol. The molecule has 90 valence electrons. The number of phenols is 2. The average Bonchev–Trinajstić information content (AvgIpc) is 2.28. The summed E-state index contributed by atoms with van der Waals surface area (Å²) in [5.74, 6) is 0.114. The summed E-state index contributed by atoms with van der Waals surface area (Å²) in [5, 5.41) is 19.8. The van der Waals surface area contributed by atoms with Gasteiger partial charge in [0.05, 0.1) is 3.57 Å². The van der Waals surface area contributed by atoms with Crippen molar-refractivity contribution in [2.75, 3.05) is 0 Å². The Morgan fingerprint density at radius 3 is 1.81 bits per heavy atom. The van der Waals surface area contributed by atoms with Crippen LogP contribution >= 0.6 is 45.2 Å². The van der Waals surface area contributed by atoms with Crippen LogP contribution in [0, 0.1) is 7.14 Å². The zero-order valence-corrected chi connectivity index (χ0v) is 13.8. The summed E-state index contributed by atoms with van der Waals surface area (Å²) in [6, 6.07) is 0. The van der Waals surface area contributed by atoms with E-state index in [1.165, 1.54) is 5.56 Å². The summed E-state index contributed by atoms with van der Waals surface area (Å²) >= 11 is 4.34. The van der Waals surface area contributed by atoms with Gasteiger partial charge >= 0.3 is 0 Å². The van der Waals surface area contributed by atoms with Gasteiger partial charge in [0.1, 0.15) is 0 Å². The van der Waals surface area contributed by atoms with Crippen LogP contribution in [0.15, 0.2) is 0 Å². The molecule has 0 atom stereocenters. The molecule has 0 radical (unpaired) electrons. The summed E-state index contributed by atoms with van der Waals surface area (Å²) in [6.07, 6.45) is 3.80. The Bertz CT molecular complexity index is 352. The van der Waals surface area contributed by atoms with Crippen molar-refractivity contribution < 1.29 is 10.2 Å². The van der Waals surface area contributed by atoms with E-state index >= 15 is 0 Å². The van der Waals surface area contributed by atoms with E-state index in [0.29, 0.717) is 0 Å². The first-order valence-corrected chi connectivity index (χ1v) is 7.60. The second-order valence-electron chi connectivity index (χ2n) is 3.78. The minimum atomic E-state index is 0.0355. The minimum Gasteiger partial charge on any atom is -0.504 e. The molecule has 0 bridgehead atoms. The van der Waals surface area contributed by atoms with E-state index in [1.807, 2.05) is 0 Å². The van der Waals surface area contributed by atoms with Crippen LogP contribution in [0.3, 0.4) is 0 Å². The van der Waals surface area contributed by atoms with Gasteiger partial charge in [0.2, 0.25) is 0 Å². The van der Waals surface area contributed by atoms with Gasteiger partial charge in [-0.25, -0.2) is 0 Å². The van der Waals surface area contributed by atoms with E-state index in [9.17, 15) is 10.2 Å². The molecule has 2 N–H and O–H groups in total. The molecule has 0 saturated carbocycles. The van der Waals surface area contributed by atoms with Gasteiger partial charge in [-0.3, -0.25) is 0 Å². The fourth-order valence-corrected chi connectivity index (χ4v) is 3.22. The van der Waals surface area contributed by atoms with Crippen molar-refractivity contribution in [2.24, 2.45) is 0 Å². The first kappa shape index (κ1) is 14.3. The third-order valence-electron chi connectivity index (χ3n) is 2.54. The van der Waals surface area contributed by atoms with Crippen molar-refractivity contribution in [2.45, 2.75) is 39.5 Å². The lowest BCUT2D eigenvalue weighted by atomic mass is 9.98. The van der Waals surface area contributed by atoms with Crippen molar-refractivity contribution in [1.82, 2.24) is 0 Å². The summed E-state index contributed by atoms with van der Waals surface area (Å²) in [6.45, 7) is 4.21. The number of hydrogen-bond acceptors (Lipinski definition) is 2. The standard InChI is InChI=1S/C12H16I2O2/c1-3-5-7-8(6-4-2)11(15)12(16)10(14)9(7)13/h15-16H,3-6H2,1-2H3. The molecule has 0 aliphatic heterocycles. The lowest BCUT2D eigenvalue weighted by Crippen LogP contribution is -2.01. The zero-order chi connectivity index (χ0) is 12.3. The first-order chi connectivity index (χ1) is 7.54. The topological polar surface area (TPSA) is 40.5 Å². The number of phenolic OH excluding ortho intramolecular Hbond substituents is 2. The average molecular weight is 446 g/mol. The van der Waals surface area contributed by atoms with Crippen LogP contribution in [-0.2, 0) is 12.8 Å². The Balaban J connectivity index is 3.42. The van der Waals surface area contributed by atoms with Crippen LogP contribution in [0.1, 0.15) is 37.8 Å². The third-order valence-corrected chi connectivity index (χ3v) is 5.81. The second kappa shape index (κ2) is 6.28. The number of aromatic hydroxyl groups is 2. The lowest BCUT2D eigenvalue weighted by Gasteiger charge is -2.16. The minimum absolute atomic E-state index is 0.0355. The van der Waals surface area contributed by atoms with Gasteiger partial charge < -0.3 is 10.2 Å². The molecule has 16 heavy (non-hydrogen) atoms. The lowest BCUT2D eigenvalue weighted by molar-refractivity contribution is 0.395. The van der Waals surface area contributed by atoms with Crippen LogP contribution in [0.5, 0.6) is 11.5 Å².